The molecule has 1 unspecified atom stereocenters. The molecule has 0 aliphatic carbocycles. The van der Waals surface area contributed by atoms with Crippen LogP contribution in [0.15, 0.2) is 18.3 Å². The number of ether oxygens (including phenoxy) is 1. The molecule has 1 aromatic rings. The second kappa shape index (κ2) is 5.14. The van der Waals surface area contributed by atoms with Crippen molar-refractivity contribution in [2.45, 2.75) is 13.0 Å². The summed E-state index contributed by atoms with van der Waals surface area (Å²) >= 11 is 0. The molecule has 2 rings (SSSR count). The molecule has 0 saturated carbocycles. The highest BCUT2D eigenvalue weighted by molar-refractivity contribution is 5.95. The summed E-state index contributed by atoms with van der Waals surface area (Å²) in [6.45, 7) is 3.87. The van der Waals surface area contributed by atoms with Crippen molar-refractivity contribution in [1.29, 1.82) is 0 Å². The summed E-state index contributed by atoms with van der Waals surface area (Å²) in [6.07, 6.45) is 1.64. The van der Waals surface area contributed by atoms with Crippen molar-refractivity contribution in [3.05, 3.63) is 23.9 Å². The van der Waals surface area contributed by atoms with Crippen LogP contribution in [0.4, 0.5) is 5.82 Å². The van der Waals surface area contributed by atoms with Gasteiger partial charge in [0.2, 0.25) is 0 Å². The van der Waals surface area contributed by atoms with Gasteiger partial charge in [-0.2, -0.15) is 0 Å². The summed E-state index contributed by atoms with van der Waals surface area (Å²) in [5.41, 5.74) is 0.665. The van der Waals surface area contributed by atoms with E-state index in [1.165, 1.54) is 0 Å². The predicted octanol–water partition coefficient (Wildman–Crippen LogP) is 0.984. The summed E-state index contributed by atoms with van der Waals surface area (Å²) in [5.74, 6) is 0.747. The summed E-state index contributed by atoms with van der Waals surface area (Å²) in [5, 5.41) is 2.93. The van der Waals surface area contributed by atoms with Gasteiger partial charge in [0.05, 0.1) is 19.3 Å². The van der Waals surface area contributed by atoms with E-state index in [0.717, 1.165) is 0 Å². The third-order valence-electron chi connectivity index (χ3n) is 2.89. The van der Waals surface area contributed by atoms with E-state index in [0.29, 0.717) is 31.1 Å². The lowest BCUT2D eigenvalue weighted by molar-refractivity contribution is 0.00359. The number of carbonyl (C=O) groups is 1. The van der Waals surface area contributed by atoms with Crippen molar-refractivity contribution >= 4 is 11.7 Å². The molecular formula is C12H17N3O2. The van der Waals surface area contributed by atoms with Gasteiger partial charge in [-0.25, -0.2) is 4.98 Å². The van der Waals surface area contributed by atoms with Crippen LogP contribution in [-0.2, 0) is 4.74 Å². The minimum Gasteiger partial charge on any atom is -0.377 e. The zero-order valence-electron chi connectivity index (χ0n) is 10.1. The molecule has 0 spiro atoms. The Hall–Kier alpha value is -1.62. The number of hydrogen-bond acceptors (Lipinski definition) is 4. The van der Waals surface area contributed by atoms with Gasteiger partial charge in [-0.15, -0.1) is 0 Å². The molecule has 1 aromatic heterocycles. The number of hydrogen-bond donors (Lipinski definition) is 1. The maximum atomic E-state index is 12.3. The van der Waals surface area contributed by atoms with E-state index in [1.807, 2.05) is 11.8 Å². The third-order valence-corrected chi connectivity index (χ3v) is 2.89. The Labute approximate surface area is 101 Å². The van der Waals surface area contributed by atoms with Crippen molar-refractivity contribution in [3.8, 4) is 0 Å². The summed E-state index contributed by atoms with van der Waals surface area (Å²) in [6, 6.07) is 3.64. The molecule has 0 aromatic carbocycles. The molecule has 0 bridgehead atoms. The largest absolute Gasteiger partial charge is 0.377 e. The van der Waals surface area contributed by atoms with Crippen LogP contribution in [0.1, 0.15) is 17.3 Å². The zero-order chi connectivity index (χ0) is 12.3. The third kappa shape index (κ3) is 2.55. The average Bonchev–Trinajstić information content (AvgIpc) is 2.38. The van der Waals surface area contributed by atoms with E-state index in [-0.39, 0.29) is 11.9 Å². The molecule has 17 heavy (non-hydrogen) atoms. The highest BCUT2D eigenvalue weighted by Crippen LogP contribution is 2.13. The number of nitrogens with zero attached hydrogens (tertiary/aromatic N) is 2. The number of amides is 1. The molecule has 2 heterocycles. The zero-order valence-corrected chi connectivity index (χ0v) is 10.1. The summed E-state index contributed by atoms with van der Waals surface area (Å²) in [7, 11) is 1.79. The number of aromatic nitrogens is 1. The first kappa shape index (κ1) is 11.9. The molecule has 1 fully saturated rings. The highest BCUT2D eigenvalue weighted by atomic mass is 16.5. The fourth-order valence-electron chi connectivity index (χ4n) is 1.89. The Balaban J connectivity index is 2.17. The Morgan fingerprint density at radius 2 is 2.47 bits per heavy atom. The van der Waals surface area contributed by atoms with Gasteiger partial charge >= 0.3 is 0 Å². The molecule has 1 atom stereocenters. The molecule has 0 radical (unpaired) electrons. The van der Waals surface area contributed by atoms with Crippen LogP contribution in [0.2, 0.25) is 0 Å². The first-order valence-corrected chi connectivity index (χ1v) is 5.75. The second-order valence-corrected chi connectivity index (χ2v) is 4.10. The van der Waals surface area contributed by atoms with Gasteiger partial charge in [0.1, 0.15) is 5.82 Å². The maximum Gasteiger partial charge on any atom is 0.254 e. The van der Waals surface area contributed by atoms with E-state index in [4.69, 9.17) is 4.74 Å². The van der Waals surface area contributed by atoms with Crippen LogP contribution in [0.5, 0.6) is 0 Å². The number of carbonyl (C=O) groups excluding carboxylic acids is 1. The minimum atomic E-state index is 0.0414. The second-order valence-electron chi connectivity index (χ2n) is 4.10. The number of nitrogens with one attached hydrogen (secondary N) is 1. The lowest BCUT2D eigenvalue weighted by atomic mass is 10.2. The van der Waals surface area contributed by atoms with E-state index < -0.39 is 0 Å². The lowest BCUT2D eigenvalue weighted by Crippen LogP contribution is -2.47. The molecule has 1 aliphatic rings. The molecule has 1 N–H and O–H groups in total. The Bertz CT molecular complexity index is 408. The van der Waals surface area contributed by atoms with Gasteiger partial charge in [0.25, 0.3) is 5.91 Å². The van der Waals surface area contributed by atoms with E-state index in [2.05, 4.69) is 10.3 Å². The van der Waals surface area contributed by atoms with E-state index in [9.17, 15) is 4.79 Å². The van der Waals surface area contributed by atoms with Crippen molar-refractivity contribution < 1.29 is 9.53 Å². The smallest absolute Gasteiger partial charge is 0.254 e. The van der Waals surface area contributed by atoms with Gasteiger partial charge < -0.3 is 15.0 Å². The topological polar surface area (TPSA) is 54.5 Å². The van der Waals surface area contributed by atoms with Crippen LogP contribution >= 0.6 is 0 Å². The van der Waals surface area contributed by atoms with Crippen LogP contribution < -0.4 is 5.32 Å². The van der Waals surface area contributed by atoms with E-state index >= 15 is 0 Å². The van der Waals surface area contributed by atoms with Crippen molar-refractivity contribution in [3.63, 3.8) is 0 Å². The van der Waals surface area contributed by atoms with Crippen molar-refractivity contribution in [2.24, 2.45) is 0 Å². The molecule has 1 saturated heterocycles. The molecular weight excluding hydrogens is 218 g/mol. The van der Waals surface area contributed by atoms with E-state index in [1.54, 1.807) is 25.4 Å². The fraction of sp³-hybridized carbons (Fsp3) is 0.500. The van der Waals surface area contributed by atoms with Crippen molar-refractivity contribution in [1.82, 2.24) is 9.88 Å². The summed E-state index contributed by atoms with van der Waals surface area (Å²) < 4.78 is 5.32. The standard InChI is InChI=1S/C12H17N3O2/c1-9-8-17-6-5-15(9)12(16)10-3-4-14-11(7-10)13-2/h3-4,7,9H,5-6,8H2,1-2H3,(H,13,14). The first-order valence-electron chi connectivity index (χ1n) is 5.75. The number of pyridine rings is 1. The maximum absolute atomic E-state index is 12.3. The lowest BCUT2D eigenvalue weighted by Gasteiger charge is -2.33. The Kier molecular flexibility index (Phi) is 3.58. The Morgan fingerprint density at radius 3 is 3.18 bits per heavy atom. The van der Waals surface area contributed by atoms with Gasteiger partial charge in [0.15, 0.2) is 0 Å². The SMILES string of the molecule is CNc1cc(C(=O)N2CCOCC2C)ccn1. The van der Waals surface area contributed by atoms with Crippen molar-refractivity contribution in [2.75, 3.05) is 32.1 Å². The van der Waals surface area contributed by atoms with Gasteiger partial charge in [-0.3, -0.25) is 4.79 Å². The van der Waals surface area contributed by atoms with Gasteiger partial charge in [-0.05, 0) is 19.1 Å². The fourth-order valence-corrected chi connectivity index (χ4v) is 1.89. The normalized spacial score (nSPS) is 20.1. The number of morpholine rings is 1. The first-order chi connectivity index (χ1) is 8.22. The van der Waals surface area contributed by atoms with Crippen LogP contribution in [0, 0.1) is 0 Å². The molecule has 92 valence electrons. The monoisotopic (exact) mass is 235 g/mol. The number of rotatable bonds is 2. The van der Waals surface area contributed by atoms with Gasteiger partial charge in [0, 0.05) is 25.4 Å². The van der Waals surface area contributed by atoms with Crippen LogP contribution in [-0.4, -0.2) is 48.6 Å². The quantitative estimate of drug-likeness (QED) is 0.830. The molecule has 1 aliphatic heterocycles. The molecule has 1 amide bonds. The van der Waals surface area contributed by atoms with Gasteiger partial charge in [-0.1, -0.05) is 0 Å². The average molecular weight is 235 g/mol. The molecule has 5 nitrogen and oxygen atoms in total. The van der Waals surface area contributed by atoms with Crippen LogP contribution in [0.3, 0.4) is 0 Å². The predicted molar refractivity (Wildman–Crippen MR) is 65.1 cm³/mol. The highest BCUT2D eigenvalue weighted by Gasteiger charge is 2.24. The number of anilines is 1. The van der Waals surface area contributed by atoms with Crippen LogP contribution in [0.25, 0.3) is 0 Å². The summed E-state index contributed by atoms with van der Waals surface area (Å²) in [4.78, 5) is 18.2. The minimum absolute atomic E-state index is 0.0414. The molecule has 5 heteroatoms. The Morgan fingerprint density at radius 1 is 1.65 bits per heavy atom.